The lowest BCUT2D eigenvalue weighted by atomic mass is 10.2. The zero-order valence-corrected chi connectivity index (χ0v) is 9.14. The van der Waals surface area contributed by atoms with Gasteiger partial charge >= 0.3 is 0 Å². The lowest BCUT2D eigenvalue weighted by Gasteiger charge is -2.12. The second kappa shape index (κ2) is 5.20. The van der Waals surface area contributed by atoms with Crippen molar-refractivity contribution in [2.24, 2.45) is 5.92 Å². The summed E-state index contributed by atoms with van der Waals surface area (Å²) >= 11 is 5.64. The minimum Gasteiger partial charge on any atom is -0.493 e. The van der Waals surface area contributed by atoms with Crippen LogP contribution in [0, 0.1) is 18.7 Å². The van der Waals surface area contributed by atoms with Crippen molar-refractivity contribution in [1.29, 1.82) is 0 Å². The zero-order valence-electron chi connectivity index (χ0n) is 8.39. The summed E-state index contributed by atoms with van der Waals surface area (Å²) in [6.07, 6.45) is 0. The smallest absolute Gasteiger partial charge is 0.123 e. The normalized spacial score (nSPS) is 12.6. The van der Waals surface area contributed by atoms with Crippen molar-refractivity contribution in [3.8, 4) is 5.75 Å². The van der Waals surface area contributed by atoms with Crippen molar-refractivity contribution in [2.45, 2.75) is 13.8 Å². The number of hydrogen-bond acceptors (Lipinski definition) is 1. The molecule has 0 aliphatic heterocycles. The van der Waals surface area contributed by atoms with E-state index in [4.69, 9.17) is 16.3 Å². The summed E-state index contributed by atoms with van der Waals surface area (Å²) in [5.74, 6) is 1.37. The average Bonchev–Trinajstić information content (AvgIpc) is 2.16. The molecule has 3 heteroatoms. The molecule has 1 nitrogen and oxygen atoms in total. The van der Waals surface area contributed by atoms with Gasteiger partial charge in [0, 0.05) is 11.8 Å². The number of hydrogen-bond donors (Lipinski definition) is 0. The number of halogens is 2. The predicted molar refractivity (Wildman–Crippen MR) is 56.5 cm³/mol. The summed E-state index contributed by atoms with van der Waals surface area (Å²) < 4.78 is 18.2. The van der Waals surface area contributed by atoms with E-state index in [9.17, 15) is 4.39 Å². The maximum atomic E-state index is 12.7. The maximum absolute atomic E-state index is 12.7. The van der Waals surface area contributed by atoms with Crippen LogP contribution in [0.1, 0.15) is 12.5 Å². The molecule has 14 heavy (non-hydrogen) atoms. The molecule has 0 radical (unpaired) electrons. The summed E-state index contributed by atoms with van der Waals surface area (Å²) in [5.41, 5.74) is 0.812. The van der Waals surface area contributed by atoms with E-state index in [0.29, 0.717) is 18.4 Å². The highest BCUT2D eigenvalue weighted by molar-refractivity contribution is 6.18. The summed E-state index contributed by atoms with van der Waals surface area (Å²) in [5, 5.41) is 0. The van der Waals surface area contributed by atoms with E-state index >= 15 is 0 Å². The first kappa shape index (κ1) is 11.3. The molecular formula is C11H14ClFO. The fourth-order valence-corrected chi connectivity index (χ4v) is 1.14. The highest BCUT2D eigenvalue weighted by atomic mass is 35.5. The van der Waals surface area contributed by atoms with E-state index < -0.39 is 0 Å². The van der Waals surface area contributed by atoms with Crippen molar-refractivity contribution in [1.82, 2.24) is 0 Å². The Hall–Kier alpha value is -0.760. The Bertz CT molecular complexity index is 301. The third-order valence-corrected chi connectivity index (χ3v) is 2.45. The van der Waals surface area contributed by atoms with Crippen LogP contribution in [0.25, 0.3) is 0 Å². The van der Waals surface area contributed by atoms with Gasteiger partial charge in [0.1, 0.15) is 11.6 Å². The van der Waals surface area contributed by atoms with Crippen LogP contribution in [0.3, 0.4) is 0 Å². The van der Waals surface area contributed by atoms with Gasteiger partial charge in [-0.3, -0.25) is 0 Å². The summed E-state index contributed by atoms with van der Waals surface area (Å²) in [4.78, 5) is 0. The Morgan fingerprint density at radius 1 is 1.50 bits per heavy atom. The van der Waals surface area contributed by atoms with Gasteiger partial charge in [-0.05, 0) is 30.7 Å². The fraction of sp³-hybridized carbons (Fsp3) is 0.455. The van der Waals surface area contributed by atoms with Crippen LogP contribution in [0.2, 0.25) is 0 Å². The van der Waals surface area contributed by atoms with Crippen LogP contribution >= 0.6 is 11.6 Å². The quantitative estimate of drug-likeness (QED) is 0.701. The number of ether oxygens (including phenoxy) is 1. The van der Waals surface area contributed by atoms with Crippen LogP contribution in [-0.2, 0) is 0 Å². The summed E-state index contributed by atoms with van der Waals surface area (Å²) in [6.45, 7) is 4.39. The van der Waals surface area contributed by atoms with Gasteiger partial charge in [0.25, 0.3) is 0 Å². The van der Waals surface area contributed by atoms with Gasteiger partial charge in [-0.2, -0.15) is 0 Å². The largest absolute Gasteiger partial charge is 0.493 e. The van der Waals surface area contributed by atoms with E-state index in [-0.39, 0.29) is 5.82 Å². The number of aryl methyl sites for hydroxylation is 1. The Morgan fingerprint density at radius 2 is 2.21 bits per heavy atom. The van der Waals surface area contributed by atoms with Crippen molar-refractivity contribution in [3.05, 3.63) is 29.6 Å². The first-order valence-corrected chi connectivity index (χ1v) is 5.12. The molecule has 1 unspecified atom stereocenters. The van der Waals surface area contributed by atoms with Gasteiger partial charge < -0.3 is 4.74 Å². The van der Waals surface area contributed by atoms with Gasteiger partial charge in [0.05, 0.1) is 6.61 Å². The molecule has 1 rings (SSSR count). The molecule has 0 aliphatic carbocycles. The monoisotopic (exact) mass is 216 g/mol. The van der Waals surface area contributed by atoms with Gasteiger partial charge in [-0.25, -0.2) is 4.39 Å². The molecule has 0 N–H and O–H groups in total. The molecule has 78 valence electrons. The van der Waals surface area contributed by atoms with E-state index in [1.807, 2.05) is 13.8 Å². The van der Waals surface area contributed by atoms with Crippen molar-refractivity contribution in [3.63, 3.8) is 0 Å². The highest BCUT2D eigenvalue weighted by Crippen LogP contribution is 2.19. The van der Waals surface area contributed by atoms with Crippen LogP contribution in [-0.4, -0.2) is 12.5 Å². The average molecular weight is 217 g/mol. The zero-order chi connectivity index (χ0) is 10.6. The van der Waals surface area contributed by atoms with Crippen molar-refractivity contribution in [2.75, 3.05) is 12.5 Å². The molecule has 0 amide bonds. The second-order valence-electron chi connectivity index (χ2n) is 3.48. The summed E-state index contributed by atoms with van der Waals surface area (Å²) in [6, 6.07) is 4.50. The Kier molecular flexibility index (Phi) is 4.21. The lowest BCUT2D eigenvalue weighted by molar-refractivity contribution is 0.270. The summed E-state index contributed by atoms with van der Waals surface area (Å²) in [7, 11) is 0. The molecule has 0 saturated heterocycles. The molecule has 1 atom stereocenters. The first-order valence-electron chi connectivity index (χ1n) is 4.58. The Balaban J connectivity index is 2.59. The predicted octanol–water partition coefficient (Wildman–Crippen LogP) is 3.39. The molecule has 0 fully saturated rings. The SMILES string of the molecule is Cc1cc(F)ccc1OCC(C)CCl. The van der Waals surface area contributed by atoms with Crippen LogP contribution in [0.4, 0.5) is 4.39 Å². The second-order valence-corrected chi connectivity index (χ2v) is 3.79. The van der Waals surface area contributed by atoms with E-state index in [1.165, 1.54) is 12.1 Å². The minimum atomic E-state index is -0.236. The first-order chi connectivity index (χ1) is 6.63. The van der Waals surface area contributed by atoms with Crippen LogP contribution in [0.15, 0.2) is 18.2 Å². The van der Waals surface area contributed by atoms with Crippen molar-refractivity contribution < 1.29 is 9.13 Å². The van der Waals surface area contributed by atoms with Gasteiger partial charge in [-0.1, -0.05) is 6.92 Å². The Labute approximate surface area is 88.8 Å². The van der Waals surface area contributed by atoms with E-state index in [1.54, 1.807) is 6.07 Å². The molecule has 0 bridgehead atoms. The van der Waals surface area contributed by atoms with E-state index in [2.05, 4.69) is 0 Å². The van der Waals surface area contributed by atoms with E-state index in [0.717, 1.165) is 11.3 Å². The van der Waals surface area contributed by atoms with Gasteiger partial charge in [-0.15, -0.1) is 11.6 Å². The minimum absolute atomic E-state index is 0.236. The molecule has 1 aromatic carbocycles. The third kappa shape index (κ3) is 3.18. The lowest BCUT2D eigenvalue weighted by Crippen LogP contribution is -2.10. The molecular weight excluding hydrogens is 203 g/mol. The molecule has 0 heterocycles. The molecule has 0 aliphatic rings. The number of rotatable bonds is 4. The van der Waals surface area contributed by atoms with Crippen LogP contribution < -0.4 is 4.74 Å². The van der Waals surface area contributed by atoms with Gasteiger partial charge in [0.2, 0.25) is 0 Å². The third-order valence-electron chi connectivity index (χ3n) is 1.92. The molecule has 0 spiro atoms. The Morgan fingerprint density at radius 3 is 2.79 bits per heavy atom. The molecule has 1 aromatic rings. The standard InChI is InChI=1S/C11H14ClFO/c1-8(6-12)7-14-11-4-3-10(13)5-9(11)2/h3-5,8H,6-7H2,1-2H3. The maximum Gasteiger partial charge on any atom is 0.123 e. The van der Waals surface area contributed by atoms with Crippen LogP contribution in [0.5, 0.6) is 5.75 Å². The van der Waals surface area contributed by atoms with Crippen molar-refractivity contribution >= 4 is 11.6 Å². The molecule has 0 aromatic heterocycles. The highest BCUT2D eigenvalue weighted by Gasteiger charge is 2.04. The molecule has 0 saturated carbocycles. The number of alkyl halides is 1. The van der Waals surface area contributed by atoms with Gasteiger partial charge in [0.15, 0.2) is 0 Å². The fourth-order valence-electron chi connectivity index (χ4n) is 1.05. The topological polar surface area (TPSA) is 9.23 Å². The number of benzene rings is 1.